The Labute approximate surface area is 160 Å². The second-order valence-electron chi connectivity index (χ2n) is 5.60. The molecule has 0 atom stereocenters. The molecule has 0 aromatic heterocycles. The number of alkyl halides is 3. The second kappa shape index (κ2) is 8.22. The van der Waals surface area contributed by atoms with E-state index in [1.54, 1.807) is 25.1 Å². The van der Waals surface area contributed by atoms with Gasteiger partial charge in [0.05, 0.1) is 10.7 Å². The standard InChI is InChI=1S/C18H19ClF3N3S/c1-4-12-7-5-8-13(11-12)24(2)17(23)25(3)14-9-6-10-15(16(14)19)26-18(20,21)22/h5-11,23H,4H2,1-3H3. The van der Waals surface area contributed by atoms with E-state index in [0.29, 0.717) is 5.69 Å². The Morgan fingerprint density at radius 2 is 1.77 bits per heavy atom. The van der Waals surface area contributed by atoms with E-state index in [2.05, 4.69) is 0 Å². The first-order chi connectivity index (χ1) is 12.1. The molecule has 1 N–H and O–H groups in total. The molecule has 2 aromatic rings. The molecule has 0 aliphatic rings. The van der Waals surface area contributed by atoms with Crippen LogP contribution in [-0.4, -0.2) is 25.6 Å². The van der Waals surface area contributed by atoms with E-state index in [-0.39, 0.29) is 27.6 Å². The van der Waals surface area contributed by atoms with E-state index < -0.39 is 5.51 Å². The highest BCUT2D eigenvalue weighted by molar-refractivity contribution is 8.00. The summed E-state index contributed by atoms with van der Waals surface area (Å²) in [4.78, 5) is 3.02. The fourth-order valence-corrected chi connectivity index (χ4v) is 3.37. The summed E-state index contributed by atoms with van der Waals surface area (Å²) in [5.74, 6) is 0.0920. The minimum absolute atomic E-state index is 0.0298. The van der Waals surface area contributed by atoms with Crippen molar-refractivity contribution in [3.8, 4) is 0 Å². The van der Waals surface area contributed by atoms with Crippen molar-refractivity contribution in [2.75, 3.05) is 23.9 Å². The molecule has 0 spiro atoms. The highest BCUT2D eigenvalue weighted by atomic mass is 35.5. The Bertz CT molecular complexity index is 795. The molecule has 26 heavy (non-hydrogen) atoms. The van der Waals surface area contributed by atoms with Gasteiger partial charge in [0.25, 0.3) is 0 Å². The number of rotatable bonds is 4. The molecule has 0 heterocycles. The van der Waals surface area contributed by atoms with E-state index in [1.807, 2.05) is 31.2 Å². The van der Waals surface area contributed by atoms with Gasteiger partial charge in [0.15, 0.2) is 0 Å². The van der Waals surface area contributed by atoms with Gasteiger partial charge in [0, 0.05) is 24.7 Å². The zero-order valence-electron chi connectivity index (χ0n) is 14.6. The van der Waals surface area contributed by atoms with Gasteiger partial charge in [0.1, 0.15) is 0 Å². The minimum Gasteiger partial charge on any atom is -0.316 e. The molecule has 8 heteroatoms. The zero-order valence-corrected chi connectivity index (χ0v) is 16.1. The predicted octanol–water partition coefficient (Wildman–Crippen LogP) is 6.02. The van der Waals surface area contributed by atoms with Crippen molar-refractivity contribution in [3.05, 3.63) is 53.1 Å². The molecule has 0 amide bonds. The molecule has 0 saturated heterocycles. The van der Waals surface area contributed by atoms with Gasteiger partial charge < -0.3 is 9.80 Å². The van der Waals surface area contributed by atoms with Crippen LogP contribution in [0, 0.1) is 5.41 Å². The van der Waals surface area contributed by atoms with Crippen LogP contribution in [0.1, 0.15) is 12.5 Å². The van der Waals surface area contributed by atoms with Crippen molar-refractivity contribution in [1.82, 2.24) is 0 Å². The van der Waals surface area contributed by atoms with Gasteiger partial charge in [-0.15, -0.1) is 0 Å². The highest BCUT2D eigenvalue weighted by Crippen LogP contribution is 2.43. The van der Waals surface area contributed by atoms with Crippen LogP contribution in [-0.2, 0) is 6.42 Å². The number of nitrogens with zero attached hydrogens (tertiary/aromatic N) is 2. The monoisotopic (exact) mass is 401 g/mol. The predicted molar refractivity (Wildman–Crippen MR) is 104 cm³/mol. The third-order valence-electron chi connectivity index (χ3n) is 3.87. The molecule has 0 fully saturated rings. The lowest BCUT2D eigenvalue weighted by molar-refractivity contribution is -0.0328. The largest absolute Gasteiger partial charge is 0.446 e. The Kier molecular flexibility index (Phi) is 6.47. The fourth-order valence-electron chi connectivity index (χ4n) is 2.41. The summed E-state index contributed by atoms with van der Waals surface area (Å²) >= 11 is 5.91. The number of halogens is 4. The molecule has 0 saturated carbocycles. The zero-order chi connectivity index (χ0) is 19.5. The number of guanidine groups is 1. The molecule has 0 radical (unpaired) electrons. The van der Waals surface area contributed by atoms with E-state index >= 15 is 0 Å². The summed E-state index contributed by atoms with van der Waals surface area (Å²) in [6.07, 6.45) is 0.868. The average molecular weight is 402 g/mol. The molecular formula is C18H19ClF3N3S. The molecule has 2 aromatic carbocycles. The molecular weight excluding hydrogens is 383 g/mol. The van der Waals surface area contributed by atoms with Crippen LogP contribution in [0.5, 0.6) is 0 Å². The quantitative estimate of drug-likeness (QED) is 0.386. The Balaban J connectivity index is 2.28. The van der Waals surface area contributed by atoms with Gasteiger partial charge in [-0.2, -0.15) is 13.2 Å². The maximum atomic E-state index is 12.7. The van der Waals surface area contributed by atoms with E-state index in [1.165, 1.54) is 17.0 Å². The molecule has 0 aliphatic heterocycles. The SMILES string of the molecule is CCc1cccc(N(C)C(=N)N(C)c2cccc(SC(F)(F)F)c2Cl)c1. The van der Waals surface area contributed by atoms with E-state index in [0.717, 1.165) is 17.7 Å². The van der Waals surface area contributed by atoms with Gasteiger partial charge in [-0.1, -0.05) is 36.7 Å². The molecule has 2 rings (SSSR count). The number of hydrogen-bond acceptors (Lipinski definition) is 2. The summed E-state index contributed by atoms with van der Waals surface area (Å²) < 4.78 is 38.0. The first kappa shape index (κ1) is 20.5. The number of nitrogens with one attached hydrogen (secondary N) is 1. The Hall–Kier alpha value is -1.86. The minimum atomic E-state index is -4.42. The first-order valence-electron chi connectivity index (χ1n) is 7.83. The second-order valence-corrected chi connectivity index (χ2v) is 7.09. The van der Waals surface area contributed by atoms with Crippen LogP contribution in [0.3, 0.4) is 0 Å². The van der Waals surface area contributed by atoms with Crippen LogP contribution < -0.4 is 9.80 Å². The topological polar surface area (TPSA) is 30.3 Å². The lowest BCUT2D eigenvalue weighted by atomic mass is 10.1. The van der Waals surface area contributed by atoms with Crippen molar-refractivity contribution in [3.63, 3.8) is 0 Å². The van der Waals surface area contributed by atoms with Gasteiger partial charge in [-0.3, -0.25) is 5.41 Å². The van der Waals surface area contributed by atoms with Crippen LogP contribution >= 0.6 is 23.4 Å². The van der Waals surface area contributed by atoms with Gasteiger partial charge in [-0.25, -0.2) is 0 Å². The number of hydrogen-bond donors (Lipinski definition) is 1. The fraction of sp³-hybridized carbons (Fsp3) is 0.278. The average Bonchev–Trinajstić information content (AvgIpc) is 2.60. The summed E-state index contributed by atoms with van der Waals surface area (Å²) in [6, 6.07) is 12.2. The molecule has 140 valence electrons. The maximum absolute atomic E-state index is 12.7. The van der Waals surface area contributed by atoms with Crippen LogP contribution in [0.25, 0.3) is 0 Å². The van der Waals surface area contributed by atoms with E-state index in [9.17, 15) is 13.2 Å². The summed E-state index contributed by atoms with van der Waals surface area (Å²) in [7, 11) is 3.33. The van der Waals surface area contributed by atoms with E-state index in [4.69, 9.17) is 17.0 Å². The van der Waals surface area contributed by atoms with Gasteiger partial charge in [-0.05, 0) is 48.0 Å². The Morgan fingerprint density at radius 1 is 1.12 bits per heavy atom. The lowest BCUT2D eigenvalue weighted by Crippen LogP contribution is -2.39. The third-order valence-corrected chi connectivity index (χ3v) is 5.17. The highest BCUT2D eigenvalue weighted by Gasteiger charge is 2.31. The van der Waals surface area contributed by atoms with Crippen molar-refractivity contribution < 1.29 is 13.2 Å². The molecule has 0 bridgehead atoms. The lowest BCUT2D eigenvalue weighted by Gasteiger charge is -2.29. The third kappa shape index (κ3) is 4.86. The summed E-state index contributed by atoms with van der Waals surface area (Å²) in [6.45, 7) is 2.04. The maximum Gasteiger partial charge on any atom is 0.446 e. The number of thioether (sulfide) groups is 1. The van der Waals surface area contributed by atoms with Crippen LogP contribution in [0.15, 0.2) is 47.4 Å². The number of benzene rings is 2. The summed E-state index contributed by atoms with van der Waals surface area (Å²) in [5.41, 5.74) is -2.14. The van der Waals surface area contributed by atoms with Gasteiger partial charge >= 0.3 is 5.51 Å². The van der Waals surface area contributed by atoms with Crippen molar-refractivity contribution in [1.29, 1.82) is 5.41 Å². The normalized spacial score (nSPS) is 11.3. The number of anilines is 2. The van der Waals surface area contributed by atoms with Crippen LogP contribution in [0.4, 0.5) is 24.5 Å². The van der Waals surface area contributed by atoms with Crippen molar-refractivity contribution >= 4 is 40.7 Å². The molecule has 0 unspecified atom stereocenters. The summed E-state index contributed by atoms with van der Waals surface area (Å²) in [5, 5.41) is 8.38. The molecule has 3 nitrogen and oxygen atoms in total. The van der Waals surface area contributed by atoms with Crippen LogP contribution in [0.2, 0.25) is 5.02 Å². The van der Waals surface area contributed by atoms with Crippen molar-refractivity contribution in [2.45, 2.75) is 23.7 Å². The Morgan fingerprint density at radius 3 is 2.38 bits per heavy atom. The smallest absolute Gasteiger partial charge is 0.316 e. The first-order valence-corrected chi connectivity index (χ1v) is 9.02. The number of aryl methyl sites for hydroxylation is 1. The van der Waals surface area contributed by atoms with Crippen molar-refractivity contribution in [2.24, 2.45) is 0 Å². The van der Waals surface area contributed by atoms with Gasteiger partial charge in [0.2, 0.25) is 5.96 Å². The molecule has 0 aliphatic carbocycles.